The van der Waals surface area contributed by atoms with Crippen LogP contribution in [0.15, 0.2) is 55.0 Å². The number of benzene rings is 1. The molecule has 0 N–H and O–H groups in total. The van der Waals surface area contributed by atoms with Crippen LogP contribution in [0.4, 0.5) is 0 Å². The van der Waals surface area contributed by atoms with E-state index in [4.69, 9.17) is 11.6 Å². The molecule has 0 aliphatic heterocycles. The van der Waals surface area contributed by atoms with Gasteiger partial charge in [-0.25, -0.2) is 15.0 Å². The van der Waals surface area contributed by atoms with Crippen molar-refractivity contribution in [2.45, 2.75) is 0 Å². The van der Waals surface area contributed by atoms with E-state index in [0.29, 0.717) is 16.7 Å². The molecule has 19 heavy (non-hydrogen) atoms. The second kappa shape index (κ2) is 5.12. The zero-order valence-corrected chi connectivity index (χ0v) is 10.6. The normalized spacial score (nSPS) is 10.4. The van der Waals surface area contributed by atoms with Crippen molar-refractivity contribution in [2.75, 3.05) is 0 Å². The molecule has 2 aromatic heterocycles. The zero-order chi connectivity index (χ0) is 13.1. The van der Waals surface area contributed by atoms with Crippen LogP contribution in [-0.4, -0.2) is 19.9 Å². The first-order valence-corrected chi connectivity index (χ1v) is 6.07. The highest BCUT2D eigenvalue weighted by Gasteiger charge is 2.08. The molecule has 0 aliphatic carbocycles. The van der Waals surface area contributed by atoms with E-state index in [9.17, 15) is 0 Å². The summed E-state index contributed by atoms with van der Waals surface area (Å²) in [4.78, 5) is 16.8. The Morgan fingerprint density at radius 3 is 2.47 bits per heavy atom. The van der Waals surface area contributed by atoms with Crippen molar-refractivity contribution in [3.05, 3.63) is 60.1 Å². The highest BCUT2D eigenvalue weighted by molar-refractivity contribution is 6.29. The van der Waals surface area contributed by atoms with Crippen LogP contribution < -0.4 is 0 Å². The molecule has 0 bridgehead atoms. The van der Waals surface area contributed by atoms with Crippen LogP contribution in [0.2, 0.25) is 5.15 Å². The molecular weight excluding hydrogens is 260 g/mol. The molecule has 0 aliphatic rings. The molecule has 92 valence electrons. The summed E-state index contributed by atoms with van der Waals surface area (Å²) in [6, 6.07) is 11.5. The summed E-state index contributed by atoms with van der Waals surface area (Å²) in [6.07, 6.45) is 4.81. The van der Waals surface area contributed by atoms with Crippen LogP contribution in [0.3, 0.4) is 0 Å². The summed E-state index contributed by atoms with van der Waals surface area (Å²) < 4.78 is 0. The van der Waals surface area contributed by atoms with Crippen LogP contribution in [-0.2, 0) is 0 Å². The standard InChI is InChI=1S/C14H9ClN4/c15-13-8-11(10-4-2-1-3-5-10)18-14(19-13)12-9-16-6-7-17-12/h1-9H. The smallest absolute Gasteiger partial charge is 0.181 e. The number of rotatable bonds is 2. The number of halogens is 1. The second-order valence-electron chi connectivity index (χ2n) is 3.86. The molecule has 1 aromatic carbocycles. The van der Waals surface area contributed by atoms with Gasteiger partial charge in [-0.05, 0) is 0 Å². The monoisotopic (exact) mass is 268 g/mol. The van der Waals surface area contributed by atoms with Gasteiger partial charge in [0.25, 0.3) is 0 Å². The molecule has 0 saturated carbocycles. The van der Waals surface area contributed by atoms with Crippen molar-refractivity contribution >= 4 is 11.6 Å². The van der Waals surface area contributed by atoms with Gasteiger partial charge in [0.2, 0.25) is 0 Å². The predicted octanol–water partition coefficient (Wildman–Crippen LogP) is 3.25. The average molecular weight is 269 g/mol. The van der Waals surface area contributed by atoms with Gasteiger partial charge in [0.15, 0.2) is 5.82 Å². The molecule has 0 unspecified atom stereocenters. The summed E-state index contributed by atoms with van der Waals surface area (Å²) in [5.41, 5.74) is 2.35. The molecule has 5 heteroatoms. The molecule has 0 saturated heterocycles. The summed E-state index contributed by atoms with van der Waals surface area (Å²) in [5, 5.41) is 0.384. The van der Waals surface area contributed by atoms with E-state index in [-0.39, 0.29) is 0 Å². The van der Waals surface area contributed by atoms with Crippen molar-refractivity contribution in [1.29, 1.82) is 0 Å². The van der Waals surface area contributed by atoms with Gasteiger partial charge in [0.1, 0.15) is 10.8 Å². The summed E-state index contributed by atoms with van der Waals surface area (Å²) in [7, 11) is 0. The van der Waals surface area contributed by atoms with Crippen molar-refractivity contribution in [3.8, 4) is 22.8 Å². The molecule has 3 rings (SSSR count). The molecule has 4 nitrogen and oxygen atoms in total. The Hall–Kier alpha value is -2.33. The fourth-order valence-corrected chi connectivity index (χ4v) is 1.89. The quantitative estimate of drug-likeness (QED) is 0.670. The van der Waals surface area contributed by atoms with Crippen LogP contribution in [0.25, 0.3) is 22.8 Å². The van der Waals surface area contributed by atoms with Crippen molar-refractivity contribution in [1.82, 2.24) is 19.9 Å². The Morgan fingerprint density at radius 2 is 1.74 bits per heavy atom. The fourth-order valence-electron chi connectivity index (χ4n) is 1.70. The van der Waals surface area contributed by atoms with Crippen LogP contribution in [0, 0.1) is 0 Å². The van der Waals surface area contributed by atoms with E-state index in [1.54, 1.807) is 24.7 Å². The van der Waals surface area contributed by atoms with Crippen molar-refractivity contribution < 1.29 is 0 Å². The fraction of sp³-hybridized carbons (Fsp3) is 0. The summed E-state index contributed by atoms with van der Waals surface area (Å²) >= 11 is 6.05. The summed E-state index contributed by atoms with van der Waals surface area (Å²) in [6.45, 7) is 0. The average Bonchev–Trinajstić information content (AvgIpc) is 2.48. The van der Waals surface area contributed by atoms with Gasteiger partial charge in [-0.1, -0.05) is 41.9 Å². The molecule has 0 atom stereocenters. The van der Waals surface area contributed by atoms with Gasteiger partial charge in [-0.2, -0.15) is 0 Å². The minimum Gasteiger partial charge on any atom is -0.261 e. The maximum atomic E-state index is 6.05. The van der Waals surface area contributed by atoms with Crippen LogP contribution in [0.5, 0.6) is 0 Å². The topological polar surface area (TPSA) is 51.6 Å². The number of hydrogen-bond acceptors (Lipinski definition) is 4. The number of nitrogens with zero attached hydrogens (tertiary/aromatic N) is 4. The minimum atomic E-state index is 0.384. The first-order valence-electron chi connectivity index (χ1n) is 5.69. The third kappa shape index (κ3) is 2.58. The predicted molar refractivity (Wildman–Crippen MR) is 73.5 cm³/mol. The maximum Gasteiger partial charge on any atom is 0.181 e. The lowest BCUT2D eigenvalue weighted by Gasteiger charge is -2.04. The van der Waals surface area contributed by atoms with E-state index >= 15 is 0 Å². The Morgan fingerprint density at radius 1 is 0.895 bits per heavy atom. The van der Waals surface area contributed by atoms with Gasteiger partial charge >= 0.3 is 0 Å². The minimum absolute atomic E-state index is 0.384. The number of hydrogen-bond donors (Lipinski definition) is 0. The van der Waals surface area contributed by atoms with Gasteiger partial charge in [-0.15, -0.1) is 0 Å². The van der Waals surface area contributed by atoms with Crippen molar-refractivity contribution in [2.24, 2.45) is 0 Å². The molecule has 2 heterocycles. The van der Waals surface area contributed by atoms with Gasteiger partial charge in [-0.3, -0.25) is 4.98 Å². The first-order chi connectivity index (χ1) is 9.33. The lowest BCUT2D eigenvalue weighted by molar-refractivity contribution is 1.11. The molecule has 0 amide bonds. The molecule has 0 spiro atoms. The Bertz CT molecular complexity index is 629. The Labute approximate surface area is 115 Å². The number of aromatic nitrogens is 4. The Balaban J connectivity index is 2.12. The highest BCUT2D eigenvalue weighted by Crippen LogP contribution is 2.22. The molecular formula is C14H9ClN4. The largest absolute Gasteiger partial charge is 0.261 e. The van der Waals surface area contributed by atoms with E-state index < -0.39 is 0 Å². The first kappa shape index (κ1) is 11.7. The van der Waals surface area contributed by atoms with Gasteiger partial charge in [0, 0.05) is 24.0 Å². The summed E-state index contributed by atoms with van der Waals surface area (Å²) in [5.74, 6) is 0.472. The SMILES string of the molecule is Clc1cc(-c2ccccc2)nc(-c2cnccn2)n1. The van der Waals surface area contributed by atoms with E-state index in [2.05, 4.69) is 19.9 Å². The third-order valence-electron chi connectivity index (χ3n) is 2.56. The van der Waals surface area contributed by atoms with Gasteiger partial charge in [0.05, 0.1) is 11.9 Å². The zero-order valence-electron chi connectivity index (χ0n) is 9.86. The lowest BCUT2D eigenvalue weighted by atomic mass is 10.1. The van der Waals surface area contributed by atoms with E-state index in [1.165, 1.54) is 0 Å². The maximum absolute atomic E-state index is 6.05. The van der Waals surface area contributed by atoms with Gasteiger partial charge < -0.3 is 0 Å². The molecule has 0 radical (unpaired) electrons. The van der Waals surface area contributed by atoms with Crippen LogP contribution in [0.1, 0.15) is 0 Å². The highest BCUT2D eigenvalue weighted by atomic mass is 35.5. The van der Waals surface area contributed by atoms with E-state index in [1.807, 2.05) is 30.3 Å². The molecule has 0 fully saturated rings. The Kier molecular flexibility index (Phi) is 3.16. The third-order valence-corrected chi connectivity index (χ3v) is 2.75. The van der Waals surface area contributed by atoms with Crippen molar-refractivity contribution in [3.63, 3.8) is 0 Å². The van der Waals surface area contributed by atoms with Crippen LogP contribution >= 0.6 is 11.6 Å². The van der Waals surface area contributed by atoms with E-state index in [0.717, 1.165) is 11.3 Å². The second-order valence-corrected chi connectivity index (χ2v) is 4.24. The molecule has 3 aromatic rings. The lowest BCUT2D eigenvalue weighted by Crippen LogP contribution is -1.95.